The van der Waals surface area contributed by atoms with Crippen molar-refractivity contribution in [3.8, 4) is 0 Å². The molecular weight excluding hydrogens is 264 g/mol. The average molecular weight is 280 g/mol. The standard InChI is InChI=1S/C13H16N2O3S/c1-8-11(9(2)18-14-8)7-15(3)6-10-4-5-19-12(10)13(16)17/h4-5H,6-7H2,1-3H3,(H,16,17). The summed E-state index contributed by atoms with van der Waals surface area (Å²) in [6.45, 7) is 5.08. The van der Waals surface area contributed by atoms with Crippen LogP contribution in [-0.4, -0.2) is 28.2 Å². The van der Waals surface area contributed by atoms with Crippen molar-refractivity contribution in [3.63, 3.8) is 0 Å². The number of aromatic nitrogens is 1. The molecule has 2 aromatic rings. The Morgan fingerprint density at radius 3 is 2.79 bits per heavy atom. The number of carboxylic acids is 1. The summed E-state index contributed by atoms with van der Waals surface area (Å²) in [6, 6.07) is 1.86. The van der Waals surface area contributed by atoms with Crippen molar-refractivity contribution in [1.29, 1.82) is 0 Å². The summed E-state index contributed by atoms with van der Waals surface area (Å²) < 4.78 is 5.12. The topological polar surface area (TPSA) is 66.6 Å². The van der Waals surface area contributed by atoms with E-state index in [4.69, 9.17) is 9.63 Å². The van der Waals surface area contributed by atoms with E-state index in [0.717, 1.165) is 22.6 Å². The van der Waals surface area contributed by atoms with Gasteiger partial charge in [-0.2, -0.15) is 0 Å². The molecule has 0 unspecified atom stereocenters. The Labute approximate surface area is 115 Å². The molecular formula is C13H16N2O3S. The molecule has 0 aliphatic carbocycles. The van der Waals surface area contributed by atoms with E-state index < -0.39 is 5.97 Å². The largest absolute Gasteiger partial charge is 0.477 e. The maximum absolute atomic E-state index is 11.1. The number of carboxylic acid groups (broad SMARTS) is 1. The predicted octanol–water partition coefficient (Wildman–Crippen LogP) is 2.68. The van der Waals surface area contributed by atoms with Gasteiger partial charge in [0.2, 0.25) is 0 Å². The van der Waals surface area contributed by atoms with Gasteiger partial charge in [0.15, 0.2) is 0 Å². The van der Waals surface area contributed by atoms with E-state index in [0.29, 0.717) is 18.0 Å². The monoisotopic (exact) mass is 280 g/mol. The van der Waals surface area contributed by atoms with Gasteiger partial charge in [0.05, 0.1) is 5.69 Å². The van der Waals surface area contributed by atoms with Crippen molar-refractivity contribution in [3.05, 3.63) is 38.9 Å². The van der Waals surface area contributed by atoms with E-state index in [2.05, 4.69) is 10.1 Å². The zero-order chi connectivity index (χ0) is 14.0. The van der Waals surface area contributed by atoms with Gasteiger partial charge in [0.1, 0.15) is 10.6 Å². The molecule has 6 heteroatoms. The first kappa shape index (κ1) is 13.8. The van der Waals surface area contributed by atoms with Crippen molar-refractivity contribution in [2.45, 2.75) is 26.9 Å². The lowest BCUT2D eigenvalue weighted by Gasteiger charge is -2.16. The van der Waals surface area contributed by atoms with Crippen LogP contribution in [0.15, 0.2) is 16.0 Å². The molecule has 0 aliphatic heterocycles. The van der Waals surface area contributed by atoms with E-state index in [1.807, 2.05) is 32.3 Å². The number of thiophene rings is 1. The SMILES string of the molecule is Cc1noc(C)c1CN(C)Cc1ccsc1C(=O)O. The van der Waals surface area contributed by atoms with Gasteiger partial charge >= 0.3 is 5.97 Å². The van der Waals surface area contributed by atoms with Crippen LogP contribution in [0.5, 0.6) is 0 Å². The van der Waals surface area contributed by atoms with E-state index in [-0.39, 0.29) is 0 Å². The number of hydrogen-bond acceptors (Lipinski definition) is 5. The van der Waals surface area contributed by atoms with Crippen molar-refractivity contribution < 1.29 is 14.4 Å². The molecule has 0 aromatic carbocycles. The second-order valence-corrected chi connectivity index (χ2v) is 5.47. The summed E-state index contributed by atoms with van der Waals surface area (Å²) in [5.74, 6) is -0.0520. The quantitative estimate of drug-likeness (QED) is 0.912. The molecule has 2 rings (SSSR count). The molecule has 1 N–H and O–H groups in total. The fraction of sp³-hybridized carbons (Fsp3) is 0.385. The Morgan fingerprint density at radius 2 is 2.21 bits per heavy atom. The molecule has 0 atom stereocenters. The summed E-state index contributed by atoms with van der Waals surface area (Å²) in [6.07, 6.45) is 0. The van der Waals surface area contributed by atoms with Crippen LogP contribution < -0.4 is 0 Å². The third-order valence-corrected chi connectivity index (χ3v) is 3.94. The molecule has 2 heterocycles. The maximum Gasteiger partial charge on any atom is 0.346 e. The summed E-state index contributed by atoms with van der Waals surface area (Å²) in [4.78, 5) is 13.5. The van der Waals surface area contributed by atoms with E-state index in [1.54, 1.807) is 0 Å². The summed E-state index contributed by atoms with van der Waals surface area (Å²) in [7, 11) is 1.95. The normalized spacial score (nSPS) is 11.2. The molecule has 0 amide bonds. The molecule has 0 saturated carbocycles. The van der Waals surface area contributed by atoms with Crippen LogP contribution in [0.25, 0.3) is 0 Å². The summed E-state index contributed by atoms with van der Waals surface area (Å²) >= 11 is 1.26. The van der Waals surface area contributed by atoms with Crippen LogP contribution in [0.4, 0.5) is 0 Å². The molecule has 5 nitrogen and oxygen atoms in total. The average Bonchev–Trinajstić information content (AvgIpc) is 2.91. The van der Waals surface area contributed by atoms with Crippen LogP contribution in [0.2, 0.25) is 0 Å². The van der Waals surface area contributed by atoms with Gasteiger partial charge in [-0.1, -0.05) is 5.16 Å². The molecule has 0 spiro atoms. The Kier molecular flexibility index (Phi) is 4.01. The lowest BCUT2D eigenvalue weighted by Crippen LogP contribution is -2.18. The lowest BCUT2D eigenvalue weighted by molar-refractivity contribution is 0.0700. The third kappa shape index (κ3) is 3.02. The Morgan fingerprint density at radius 1 is 1.47 bits per heavy atom. The molecule has 0 bridgehead atoms. The second-order valence-electron chi connectivity index (χ2n) is 4.56. The fourth-order valence-corrected chi connectivity index (χ4v) is 2.75. The Hall–Kier alpha value is -1.66. The van der Waals surface area contributed by atoms with Crippen LogP contribution >= 0.6 is 11.3 Å². The van der Waals surface area contributed by atoms with Crippen LogP contribution in [-0.2, 0) is 13.1 Å². The number of carbonyl (C=O) groups is 1. The predicted molar refractivity (Wildman–Crippen MR) is 72.4 cm³/mol. The maximum atomic E-state index is 11.1. The van der Waals surface area contributed by atoms with Gasteiger partial charge in [-0.3, -0.25) is 4.90 Å². The molecule has 19 heavy (non-hydrogen) atoms. The van der Waals surface area contributed by atoms with Crippen molar-refractivity contribution in [1.82, 2.24) is 10.1 Å². The molecule has 0 fully saturated rings. The fourth-order valence-electron chi connectivity index (χ4n) is 1.99. The van der Waals surface area contributed by atoms with Crippen molar-refractivity contribution >= 4 is 17.3 Å². The third-order valence-electron chi connectivity index (χ3n) is 2.99. The summed E-state index contributed by atoms with van der Waals surface area (Å²) in [5, 5.41) is 14.8. The minimum atomic E-state index is -0.865. The van der Waals surface area contributed by atoms with Crippen molar-refractivity contribution in [2.75, 3.05) is 7.05 Å². The van der Waals surface area contributed by atoms with Gasteiger partial charge in [0.25, 0.3) is 0 Å². The highest BCUT2D eigenvalue weighted by molar-refractivity contribution is 7.12. The van der Waals surface area contributed by atoms with E-state index >= 15 is 0 Å². The minimum absolute atomic E-state index is 0.408. The van der Waals surface area contributed by atoms with Gasteiger partial charge in [-0.15, -0.1) is 11.3 Å². The molecule has 0 saturated heterocycles. The van der Waals surface area contributed by atoms with Gasteiger partial charge in [0, 0.05) is 18.7 Å². The molecule has 0 aliphatic rings. The number of aromatic carboxylic acids is 1. The van der Waals surface area contributed by atoms with Crippen molar-refractivity contribution in [2.24, 2.45) is 0 Å². The Bertz CT molecular complexity index is 569. The number of rotatable bonds is 5. The first-order chi connectivity index (χ1) is 8.99. The highest BCUT2D eigenvalue weighted by atomic mass is 32.1. The zero-order valence-corrected chi connectivity index (χ0v) is 12.0. The van der Waals surface area contributed by atoms with E-state index in [1.165, 1.54) is 11.3 Å². The second kappa shape index (κ2) is 5.54. The van der Waals surface area contributed by atoms with Crippen LogP contribution in [0, 0.1) is 13.8 Å². The minimum Gasteiger partial charge on any atom is -0.477 e. The highest BCUT2D eigenvalue weighted by Gasteiger charge is 2.15. The number of hydrogen-bond donors (Lipinski definition) is 1. The van der Waals surface area contributed by atoms with Gasteiger partial charge < -0.3 is 9.63 Å². The number of aryl methyl sites for hydroxylation is 2. The molecule has 2 aromatic heterocycles. The highest BCUT2D eigenvalue weighted by Crippen LogP contribution is 2.20. The molecule has 0 radical (unpaired) electrons. The van der Waals surface area contributed by atoms with Gasteiger partial charge in [-0.05, 0) is 37.9 Å². The summed E-state index contributed by atoms with van der Waals surface area (Å²) in [5.41, 5.74) is 2.79. The van der Waals surface area contributed by atoms with Crippen LogP contribution in [0.3, 0.4) is 0 Å². The smallest absolute Gasteiger partial charge is 0.346 e. The van der Waals surface area contributed by atoms with E-state index in [9.17, 15) is 4.79 Å². The molecule has 102 valence electrons. The van der Waals surface area contributed by atoms with Crippen LogP contribution in [0.1, 0.15) is 32.3 Å². The van der Waals surface area contributed by atoms with Gasteiger partial charge in [-0.25, -0.2) is 4.79 Å². The Balaban J connectivity index is 2.07. The first-order valence-corrected chi connectivity index (χ1v) is 6.77. The first-order valence-electron chi connectivity index (χ1n) is 5.89. The lowest BCUT2D eigenvalue weighted by atomic mass is 10.2. The number of nitrogens with zero attached hydrogens (tertiary/aromatic N) is 2. The zero-order valence-electron chi connectivity index (χ0n) is 11.1.